The largest absolute Gasteiger partial charge is 0.497 e. The van der Waals surface area contributed by atoms with E-state index >= 15 is 0 Å². The highest BCUT2D eigenvalue weighted by atomic mass is 16.5. The van der Waals surface area contributed by atoms with Crippen molar-refractivity contribution in [2.45, 2.75) is 0 Å². The zero-order chi connectivity index (χ0) is 11.4. The van der Waals surface area contributed by atoms with Crippen molar-refractivity contribution in [2.24, 2.45) is 0 Å². The van der Waals surface area contributed by atoms with Crippen LogP contribution in [-0.4, -0.2) is 33.4 Å². The Kier molecular flexibility index (Phi) is 3.47. The minimum absolute atomic E-state index is 0.786. The van der Waals surface area contributed by atoms with Crippen LogP contribution in [0.3, 0.4) is 0 Å². The molecule has 1 fully saturated rings. The summed E-state index contributed by atoms with van der Waals surface area (Å²) in [5.41, 5.74) is 2.32. The molecule has 16 heavy (non-hydrogen) atoms. The number of ether oxygens (including phenoxy) is 2. The fraction of sp³-hybridized carbons (Fsp3) is 0.385. The van der Waals surface area contributed by atoms with Crippen molar-refractivity contribution < 1.29 is 9.47 Å². The normalized spacial score (nSPS) is 15.9. The van der Waals surface area contributed by atoms with E-state index in [1.807, 2.05) is 18.2 Å². The van der Waals surface area contributed by atoms with Crippen molar-refractivity contribution in [3.63, 3.8) is 0 Å². The minimum Gasteiger partial charge on any atom is -0.497 e. The molecular weight excluding hydrogens is 202 g/mol. The van der Waals surface area contributed by atoms with E-state index in [1.54, 1.807) is 7.11 Å². The van der Waals surface area contributed by atoms with Gasteiger partial charge >= 0.3 is 0 Å². The second-order valence-corrected chi connectivity index (χ2v) is 3.73. The smallest absolute Gasteiger partial charge is 0.120 e. The van der Waals surface area contributed by atoms with Gasteiger partial charge in [-0.2, -0.15) is 0 Å². The maximum atomic E-state index is 5.35. The average Bonchev–Trinajstić information content (AvgIpc) is 2.39. The van der Waals surface area contributed by atoms with Crippen LogP contribution in [0, 0.1) is 0 Å². The molecule has 0 radical (unpaired) electrons. The Labute approximate surface area is 96.3 Å². The lowest BCUT2D eigenvalue weighted by molar-refractivity contribution is 0.122. The molecule has 86 valence electrons. The van der Waals surface area contributed by atoms with Crippen molar-refractivity contribution in [1.29, 1.82) is 0 Å². The number of benzene rings is 1. The van der Waals surface area contributed by atoms with Gasteiger partial charge in [-0.15, -0.1) is 0 Å². The molecule has 1 aliphatic heterocycles. The maximum absolute atomic E-state index is 5.35. The van der Waals surface area contributed by atoms with E-state index in [-0.39, 0.29) is 0 Å². The summed E-state index contributed by atoms with van der Waals surface area (Å²) in [7, 11) is 1.69. The molecule has 1 aromatic carbocycles. The van der Waals surface area contributed by atoms with Crippen LogP contribution in [0.1, 0.15) is 5.56 Å². The van der Waals surface area contributed by atoms with Crippen molar-refractivity contribution in [2.75, 3.05) is 38.3 Å². The fourth-order valence-electron chi connectivity index (χ4n) is 1.90. The Morgan fingerprint density at radius 1 is 1.38 bits per heavy atom. The molecule has 0 aromatic heterocycles. The third-order valence-electron chi connectivity index (χ3n) is 2.81. The predicted molar refractivity (Wildman–Crippen MR) is 66.1 cm³/mol. The van der Waals surface area contributed by atoms with Crippen molar-refractivity contribution in [3.05, 3.63) is 30.3 Å². The molecule has 0 aliphatic carbocycles. The number of rotatable bonds is 3. The molecule has 0 N–H and O–H groups in total. The lowest BCUT2D eigenvalue weighted by atomic mass is 10.1. The van der Waals surface area contributed by atoms with Gasteiger partial charge in [-0.1, -0.05) is 12.7 Å². The van der Waals surface area contributed by atoms with Gasteiger partial charge in [0.1, 0.15) is 5.75 Å². The summed E-state index contributed by atoms with van der Waals surface area (Å²) in [6, 6.07) is 6.06. The Bertz CT molecular complexity index is 370. The van der Waals surface area contributed by atoms with E-state index in [1.165, 1.54) is 5.69 Å². The Morgan fingerprint density at radius 2 is 2.12 bits per heavy atom. The van der Waals surface area contributed by atoms with Crippen LogP contribution < -0.4 is 9.64 Å². The zero-order valence-electron chi connectivity index (χ0n) is 9.61. The quantitative estimate of drug-likeness (QED) is 0.777. The van der Waals surface area contributed by atoms with Gasteiger partial charge in [0.25, 0.3) is 0 Å². The van der Waals surface area contributed by atoms with Crippen LogP contribution >= 0.6 is 0 Å². The first-order valence-corrected chi connectivity index (χ1v) is 5.48. The first-order chi connectivity index (χ1) is 7.85. The van der Waals surface area contributed by atoms with Gasteiger partial charge in [0.05, 0.1) is 20.3 Å². The predicted octanol–water partition coefficient (Wildman–Crippen LogP) is 2.17. The Morgan fingerprint density at radius 3 is 2.75 bits per heavy atom. The van der Waals surface area contributed by atoms with Crippen LogP contribution in [0.15, 0.2) is 24.8 Å². The van der Waals surface area contributed by atoms with Crippen LogP contribution in [0.25, 0.3) is 6.08 Å². The lowest BCUT2D eigenvalue weighted by Gasteiger charge is -2.30. The Balaban J connectivity index is 2.31. The fourth-order valence-corrected chi connectivity index (χ4v) is 1.90. The SMILES string of the molecule is C=Cc1ccc(OC)cc1N1CCOCC1. The molecule has 1 aliphatic rings. The standard InChI is InChI=1S/C13H17NO2/c1-3-11-4-5-12(15-2)10-13(11)14-6-8-16-9-7-14/h3-5,10H,1,6-9H2,2H3. The van der Waals surface area contributed by atoms with Gasteiger partial charge in [0, 0.05) is 24.8 Å². The number of anilines is 1. The molecule has 1 heterocycles. The molecule has 3 heteroatoms. The summed E-state index contributed by atoms with van der Waals surface area (Å²) >= 11 is 0. The maximum Gasteiger partial charge on any atom is 0.120 e. The average molecular weight is 219 g/mol. The number of morpholine rings is 1. The molecular formula is C13H17NO2. The van der Waals surface area contributed by atoms with Crippen molar-refractivity contribution >= 4 is 11.8 Å². The summed E-state index contributed by atoms with van der Waals surface area (Å²) in [5, 5.41) is 0. The monoisotopic (exact) mass is 219 g/mol. The zero-order valence-corrected chi connectivity index (χ0v) is 9.61. The van der Waals surface area contributed by atoms with Gasteiger partial charge in [-0.3, -0.25) is 0 Å². The molecule has 0 saturated carbocycles. The number of methoxy groups -OCH3 is 1. The van der Waals surface area contributed by atoms with Gasteiger partial charge in [0.2, 0.25) is 0 Å². The second-order valence-electron chi connectivity index (χ2n) is 3.73. The second kappa shape index (κ2) is 5.03. The lowest BCUT2D eigenvalue weighted by Crippen LogP contribution is -2.36. The topological polar surface area (TPSA) is 21.7 Å². The molecule has 0 unspecified atom stereocenters. The third-order valence-corrected chi connectivity index (χ3v) is 2.81. The molecule has 0 amide bonds. The highest BCUT2D eigenvalue weighted by Crippen LogP contribution is 2.27. The van der Waals surface area contributed by atoms with Crippen LogP contribution in [0.2, 0.25) is 0 Å². The molecule has 0 atom stereocenters. The summed E-state index contributed by atoms with van der Waals surface area (Å²) in [6.45, 7) is 7.26. The van der Waals surface area contributed by atoms with Crippen molar-refractivity contribution in [3.8, 4) is 5.75 Å². The van der Waals surface area contributed by atoms with Crippen LogP contribution in [0.4, 0.5) is 5.69 Å². The van der Waals surface area contributed by atoms with Crippen LogP contribution in [0.5, 0.6) is 5.75 Å². The number of hydrogen-bond acceptors (Lipinski definition) is 3. The van der Waals surface area contributed by atoms with E-state index < -0.39 is 0 Å². The van der Waals surface area contributed by atoms with E-state index in [9.17, 15) is 0 Å². The van der Waals surface area contributed by atoms with E-state index in [4.69, 9.17) is 9.47 Å². The summed E-state index contributed by atoms with van der Waals surface area (Å²) in [5.74, 6) is 0.882. The van der Waals surface area contributed by atoms with E-state index in [0.29, 0.717) is 0 Å². The number of hydrogen-bond donors (Lipinski definition) is 0. The summed E-state index contributed by atoms with van der Waals surface area (Å²) in [6.07, 6.45) is 1.88. The highest BCUT2D eigenvalue weighted by Gasteiger charge is 2.14. The summed E-state index contributed by atoms with van der Waals surface area (Å²) < 4.78 is 10.6. The number of nitrogens with zero attached hydrogens (tertiary/aromatic N) is 1. The van der Waals surface area contributed by atoms with Gasteiger partial charge in [-0.05, 0) is 17.7 Å². The summed E-state index contributed by atoms with van der Waals surface area (Å²) in [4.78, 5) is 2.31. The minimum atomic E-state index is 0.786. The first-order valence-electron chi connectivity index (χ1n) is 5.48. The third kappa shape index (κ3) is 2.19. The first kappa shape index (κ1) is 11.0. The van der Waals surface area contributed by atoms with Gasteiger partial charge in [0.15, 0.2) is 0 Å². The molecule has 0 bridgehead atoms. The molecule has 1 saturated heterocycles. The molecule has 1 aromatic rings. The van der Waals surface area contributed by atoms with Gasteiger partial charge in [-0.25, -0.2) is 0 Å². The van der Waals surface area contributed by atoms with Crippen LogP contribution in [-0.2, 0) is 4.74 Å². The molecule has 2 rings (SSSR count). The van der Waals surface area contributed by atoms with Crippen molar-refractivity contribution in [1.82, 2.24) is 0 Å². The Hall–Kier alpha value is -1.48. The molecule has 3 nitrogen and oxygen atoms in total. The van der Waals surface area contributed by atoms with Gasteiger partial charge < -0.3 is 14.4 Å². The highest BCUT2D eigenvalue weighted by molar-refractivity contribution is 5.68. The van der Waals surface area contributed by atoms with E-state index in [2.05, 4.69) is 17.5 Å². The molecule has 0 spiro atoms. The van der Waals surface area contributed by atoms with E-state index in [0.717, 1.165) is 37.6 Å².